The van der Waals surface area contributed by atoms with Crippen LogP contribution in [0, 0.1) is 0 Å². The van der Waals surface area contributed by atoms with Crippen molar-refractivity contribution >= 4 is 11.8 Å². The van der Waals surface area contributed by atoms with Crippen LogP contribution in [0.25, 0.3) is 0 Å². The number of hydrogen-bond acceptors (Lipinski definition) is 4. The Morgan fingerprint density at radius 1 is 1.31 bits per heavy atom. The Bertz CT molecular complexity index is 275. The molecule has 1 N–H and O–H groups in total. The highest BCUT2D eigenvalue weighted by atomic mass is 32.2. The van der Waals surface area contributed by atoms with E-state index in [0.717, 1.165) is 18.9 Å². The van der Waals surface area contributed by atoms with Gasteiger partial charge in [0.15, 0.2) is 0 Å². The lowest BCUT2D eigenvalue weighted by molar-refractivity contribution is 0.571. The van der Waals surface area contributed by atoms with Crippen molar-refractivity contribution in [3.8, 4) is 0 Å². The van der Waals surface area contributed by atoms with Crippen molar-refractivity contribution in [2.24, 2.45) is 7.05 Å². The van der Waals surface area contributed by atoms with Gasteiger partial charge in [-0.05, 0) is 31.4 Å². The molecule has 0 saturated heterocycles. The number of unbranched alkanes of at least 4 members (excludes halogenated alkanes) is 3. The van der Waals surface area contributed by atoms with Crippen molar-refractivity contribution in [3.05, 3.63) is 12.2 Å². The molecule has 0 radical (unpaired) electrons. The van der Waals surface area contributed by atoms with Gasteiger partial charge in [-0.25, -0.2) is 4.98 Å². The van der Waals surface area contributed by atoms with E-state index in [-0.39, 0.29) is 0 Å². The zero-order valence-electron chi connectivity index (χ0n) is 10.3. The molecular formula is C11H22N4S. The van der Waals surface area contributed by atoms with E-state index in [4.69, 9.17) is 0 Å². The molecule has 92 valence electrons. The van der Waals surface area contributed by atoms with E-state index in [1.54, 1.807) is 6.33 Å². The van der Waals surface area contributed by atoms with Gasteiger partial charge in [0.05, 0.1) is 6.54 Å². The summed E-state index contributed by atoms with van der Waals surface area (Å²) in [5, 5.41) is 7.42. The van der Waals surface area contributed by atoms with Gasteiger partial charge in [-0.2, -0.15) is 16.9 Å². The number of aryl methyl sites for hydroxylation is 1. The molecule has 0 saturated carbocycles. The van der Waals surface area contributed by atoms with Gasteiger partial charge in [0, 0.05) is 7.05 Å². The Morgan fingerprint density at radius 2 is 2.12 bits per heavy atom. The smallest absolute Gasteiger partial charge is 0.140 e. The summed E-state index contributed by atoms with van der Waals surface area (Å²) in [5.74, 6) is 2.30. The van der Waals surface area contributed by atoms with Gasteiger partial charge in [0.2, 0.25) is 0 Å². The molecule has 1 heterocycles. The van der Waals surface area contributed by atoms with E-state index in [1.807, 2.05) is 23.5 Å². The molecule has 0 unspecified atom stereocenters. The fourth-order valence-corrected chi connectivity index (χ4v) is 2.02. The Balaban J connectivity index is 1.91. The SMILES string of the molecule is CSCCCCCCNCc1ncnn1C. The molecule has 16 heavy (non-hydrogen) atoms. The zero-order chi connectivity index (χ0) is 11.6. The molecule has 4 nitrogen and oxygen atoms in total. The minimum Gasteiger partial charge on any atom is -0.310 e. The normalized spacial score (nSPS) is 10.9. The van der Waals surface area contributed by atoms with E-state index in [0.29, 0.717) is 0 Å². The summed E-state index contributed by atoms with van der Waals surface area (Å²) in [7, 11) is 1.92. The van der Waals surface area contributed by atoms with Gasteiger partial charge in [0.1, 0.15) is 12.2 Å². The third-order valence-corrected chi connectivity index (χ3v) is 3.24. The van der Waals surface area contributed by atoms with Crippen LogP contribution in [0.5, 0.6) is 0 Å². The first-order chi connectivity index (χ1) is 7.84. The summed E-state index contributed by atoms with van der Waals surface area (Å²) in [4.78, 5) is 4.16. The van der Waals surface area contributed by atoms with Crippen LogP contribution in [0.2, 0.25) is 0 Å². The molecule has 0 aliphatic rings. The van der Waals surface area contributed by atoms with Crippen molar-refractivity contribution in [2.75, 3.05) is 18.6 Å². The minimum atomic E-state index is 0.821. The van der Waals surface area contributed by atoms with E-state index in [2.05, 4.69) is 21.7 Å². The molecule has 0 aliphatic carbocycles. The first kappa shape index (κ1) is 13.5. The van der Waals surface area contributed by atoms with Crippen LogP contribution < -0.4 is 5.32 Å². The molecule has 5 heteroatoms. The summed E-state index contributed by atoms with van der Waals surface area (Å²) >= 11 is 1.94. The number of aromatic nitrogens is 3. The second-order valence-electron chi connectivity index (χ2n) is 3.88. The van der Waals surface area contributed by atoms with E-state index in [9.17, 15) is 0 Å². The zero-order valence-corrected chi connectivity index (χ0v) is 11.1. The molecular weight excluding hydrogens is 220 g/mol. The van der Waals surface area contributed by atoms with Crippen LogP contribution in [0.1, 0.15) is 31.5 Å². The van der Waals surface area contributed by atoms with Gasteiger partial charge < -0.3 is 5.32 Å². The van der Waals surface area contributed by atoms with Crippen molar-refractivity contribution in [1.29, 1.82) is 0 Å². The van der Waals surface area contributed by atoms with Crippen molar-refractivity contribution in [1.82, 2.24) is 20.1 Å². The number of nitrogens with one attached hydrogen (secondary N) is 1. The second kappa shape index (κ2) is 8.58. The Morgan fingerprint density at radius 3 is 2.81 bits per heavy atom. The lowest BCUT2D eigenvalue weighted by atomic mass is 10.2. The predicted molar refractivity (Wildman–Crippen MR) is 69.6 cm³/mol. The largest absolute Gasteiger partial charge is 0.310 e. The highest BCUT2D eigenvalue weighted by molar-refractivity contribution is 7.98. The van der Waals surface area contributed by atoms with Crippen molar-refractivity contribution < 1.29 is 0 Å². The lowest BCUT2D eigenvalue weighted by Crippen LogP contribution is -2.17. The minimum absolute atomic E-state index is 0.821. The lowest BCUT2D eigenvalue weighted by Gasteiger charge is -2.04. The molecule has 1 rings (SSSR count). The first-order valence-corrected chi connectivity index (χ1v) is 7.26. The summed E-state index contributed by atoms with van der Waals surface area (Å²) in [6.45, 7) is 1.90. The van der Waals surface area contributed by atoms with Gasteiger partial charge in [-0.3, -0.25) is 4.68 Å². The van der Waals surface area contributed by atoms with E-state index in [1.165, 1.54) is 31.4 Å². The molecule has 1 aromatic heterocycles. The van der Waals surface area contributed by atoms with Gasteiger partial charge >= 0.3 is 0 Å². The number of thioether (sulfide) groups is 1. The molecule has 0 amide bonds. The highest BCUT2D eigenvalue weighted by Gasteiger charge is 1.98. The monoisotopic (exact) mass is 242 g/mol. The number of hydrogen-bond donors (Lipinski definition) is 1. The number of nitrogens with zero attached hydrogens (tertiary/aromatic N) is 3. The summed E-state index contributed by atoms with van der Waals surface area (Å²) in [5.41, 5.74) is 0. The van der Waals surface area contributed by atoms with Crippen LogP contribution in [0.15, 0.2) is 6.33 Å². The van der Waals surface area contributed by atoms with Crippen LogP contribution in [0.3, 0.4) is 0 Å². The number of rotatable bonds is 9. The standard InChI is InChI=1S/C11H22N4S/c1-15-11(13-10-14-15)9-12-7-5-3-4-6-8-16-2/h10,12H,3-9H2,1-2H3. The molecule has 0 bridgehead atoms. The van der Waals surface area contributed by atoms with Gasteiger partial charge in [0.25, 0.3) is 0 Å². The summed E-state index contributed by atoms with van der Waals surface area (Å²) in [6.07, 6.45) is 9.05. The molecule has 0 fully saturated rings. The third-order valence-electron chi connectivity index (χ3n) is 2.54. The van der Waals surface area contributed by atoms with Crippen LogP contribution in [-0.4, -0.2) is 33.3 Å². The maximum atomic E-state index is 4.16. The Labute approximate surface area is 102 Å². The maximum Gasteiger partial charge on any atom is 0.140 e. The fourth-order valence-electron chi connectivity index (χ4n) is 1.53. The quantitative estimate of drug-likeness (QED) is 0.671. The molecule has 0 aromatic carbocycles. The summed E-state index contributed by atoms with van der Waals surface area (Å²) < 4.78 is 1.81. The maximum absolute atomic E-state index is 4.16. The molecule has 0 atom stereocenters. The molecule has 0 spiro atoms. The second-order valence-corrected chi connectivity index (χ2v) is 4.87. The predicted octanol–water partition coefficient (Wildman–Crippen LogP) is 1.83. The van der Waals surface area contributed by atoms with Crippen LogP contribution in [0.4, 0.5) is 0 Å². The van der Waals surface area contributed by atoms with E-state index >= 15 is 0 Å². The molecule has 0 aliphatic heterocycles. The van der Waals surface area contributed by atoms with Crippen LogP contribution in [-0.2, 0) is 13.6 Å². The summed E-state index contributed by atoms with van der Waals surface area (Å²) in [6, 6.07) is 0. The average Bonchev–Trinajstić information content (AvgIpc) is 2.68. The van der Waals surface area contributed by atoms with Crippen LogP contribution >= 0.6 is 11.8 Å². The highest BCUT2D eigenvalue weighted by Crippen LogP contribution is 2.03. The Kier molecular flexibility index (Phi) is 7.25. The Hall–Kier alpha value is -0.550. The van der Waals surface area contributed by atoms with Gasteiger partial charge in [-0.15, -0.1) is 0 Å². The fraction of sp³-hybridized carbons (Fsp3) is 0.818. The van der Waals surface area contributed by atoms with Crippen molar-refractivity contribution in [3.63, 3.8) is 0 Å². The first-order valence-electron chi connectivity index (χ1n) is 5.87. The van der Waals surface area contributed by atoms with Crippen molar-refractivity contribution in [2.45, 2.75) is 32.2 Å². The van der Waals surface area contributed by atoms with E-state index < -0.39 is 0 Å². The average molecular weight is 242 g/mol. The molecule has 1 aromatic rings. The topological polar surface area (TPSA) is 42.7 Å². The van der Waals surface area contributed by atoms with Gasteiger partial charge in [-0.1, -0.05) is 12.8 Å². The third kappa shape index (κ3) is 5.51.